The van der Waals surface area contributed by atoms with Crippen molar-refractivity contribution < 1.29 is 89.4 Å². The predicted octanol–water partition coefficient (Wildman–Crippen LogP) is 6.40. The number of nitrogens with one attached hydrogen (secondary N) is 1. The fourth-order valence-corrected chi connectivity index (χ4v) is 10.8. The summed E-state index contributed by atoms with van der Waals surface area (Å²) in [6, 6.07) is -0.968. The van der Waals surface area contributed by atoms with Crippen LogP contribution in [0.5, 0.6) is 0 Å². The summed E-state index contributed by atoms with van der Waals surface area (Å²) in [4.78, 5) is 13.3. The molecule has 17 atom stereocenters. The van der Waals surface area contributed by atoms with Gasteiger partial charge in [0, 0.05) is 6.42 Å². The number of ether oxygens (including phenoxy) is 6. The van der Waals surface area contributed by atoms with E-state index < -0.39 is 124 Å². The second-order valence-electron chi connectivity index (χ2n) is 23.8. The van der Waals surface area contributed by atoms with Crippen molar-refractivity contribution in [1.29, 1.82) is 0 Å². The van der Waals surface area contributed by atoms with Crippen molar-refractivity contribution in [2.45, 2.75) is 337 Å². The van der Waals surface area contributed by atoms with Crippen LogP contribution in [0.1, 0.15) is 233 Å². The Morgan fingerprint density at radius 3 is 1.21 bits per heavy atom. The summed E-state index contributed by atoms with van der Waals surface area (Å²) in [5.74, 6) is 0.489. The molecule has 0 bridgehead atoms. The second-order valence-corrected chi connectivity index (χ2v) is 23.8. The minimum absolute atomic E-state index is 0.248. The number of aliphatic hydroxyl groups excluding tert-OH is 11. The molecule has 0 saturated carbocycles. The zero-order valence-corrected chi connectivity index (χ0v) is 49.5. The van der Waals surface area contributed by atoms with E-state index in [9.17, 15) is 61.0 Å². The Bertz CT molecular complexity index is 1530. The Morgan fingerprint density at radius 1 is 0.463 bits per heavy atom. The van der Waals surface area contributed by atoms with Crippen molar-refractivity contribution >= 4 is 5.91 Å². The van der Waals surface area contributed by atoms with Crippen molar-refractivity contribution in [3.05, 3.63) is 12.2 Å². The summed E-state index contributed by atoms with van der Waals surface area (Å²) in [5.41, 5.74) is 0. The van der Waals surface area contributed by atoms with Gasteiger partial charge >= 0.3 is 0 Å². The SMILES string of the molecule is CCCCCCCCCCCCCCCCCCCCCCCC(=O)NC(COC1OC(COC2OC(COC3OC(CO)C(O)C(O)C3O)C(O)C(O)C2O)C(O)C(O)C1O)C(O)C=CCCCCCCCCCCCC(C)C. The van der Waals surface area contributed by atoms with Gasteiger partial charge in [0.25, 0.3) is 0 Å². The van der Waals surface area contributed by atoms with Gasteiger partial charge in [0.2, 0.25) is 5.91 Å². The van der Waals surface area contributed by atoms with Crippen LogP contribution in [-0.2, 0) is 33.2 Å². The largest absolute Gasteiger partial charge is 0.394 e. The molecule has 17 unspecified atom stereocenters. The van der Waals surface area contributed by atoms with Gasteiger partial charge in [-0.05, 0) is 25.2 Å². The molecule has 3 saturated heterocycles. The van der Waals surface area contributed by atoms with Crippen LogP contribution in [0.15, 0.2) is 12.2 Å². The molecule has 472 valence electrons. The molecule has 80 heavy (non-hydrogen) atoms. The number of unbranched alkanes of at least 4 members (excludes halogenated alkanes) is 29. The van der Waals surface area contributed by atoms with Crippen molar-refractivity contribution in [2.75, 3.05) is 26.4 Å². The van der Waals surface area contributed by atoms with Gasteiger partial charge in [-0.1, -0.05) is 219 Å². The molecular formula is C61H115NO18. The van der Waals surface area contributed by atoms with Gasteiger partial charge in [0.05, 0.1) is 38.6 Å². The lowest BCUT2D eigenvalue weighted by Crippen LogP contribution is -2.63. The van der Waals surface area contributed by atoms with Crippen LogP contribution in [0, 0.1) is 5.92 Å². The van der Waals surface area contributed by atoms with E-state index in [1.54, 1.807) is 6.08 Å². The molecule has 19 nitrogen and oxygen atoms in total. The maximum absolute atomic E-state index is 13.3. The van der Waals surface area contributed by atoms with Crippen molar-refractivity contribution in [3.63, 3.8) is 0 Å². The van der Waals surface area contributed by atoms with E-state index in [1.807, 2.05) is 6.08 Å². The van der Waals surface area contributed by atoms with E-state index in [0.717, 1.165) is 50.9 Å². The first-order chi connectivity index (χ1) is 38.6. The van der Waals surface area contributed by atoms with Gasteiger partial charge in [-0.15, -0.1) is 0 Å². The summed E-state index contributed by atoms with van der Waals surface area (Å²) < 4.78 is 34.0. The fourth-order valence-electron chi connectivity index (χ4n) is 10.8. The van der Waals surface area contributed by atoms with Crippen LogP contribution in [0.3, 0.4) is 0 Å². The highest BCUT2D eigenvalue weighted by Crippen LogP contribution is 2.29. The van der Waals surface area contributed by atoms with Crippen molar-refractivity contribution in [1.82, 2.24) is 5.32 Å². The number of hydrogen-bond acceptors (Lipinski definition) is 18. The average Bonchev–Trinajstić information content (AvgIpc) is 3.44. The fraction of sp³-hybridized carbons (Fsp3) is 0.951. The Balaban J connectivity index is 1.46. The maximum Gasteiger partial charge on any atom is 0.220 e. The van der Waals surface area contributed by atoms with Crippen LogP contribution in [-0.4, -0.2) is 193 Å². The van der Waals surface area contributed by atoms with Crippen LogP contribution in [0.2, 0.25) is 0 Å². The molecule has 0 radical (unpaired) electrons. The van der Waals surface area contributed by atoms with E-state index >= 15 is 0 Å². The number of hydrogen-bond donors (Lipinski definition) is 12. The standard InChI is InChI=1S/C61H115NO18/c1-4-5-6-7-8-9-10-11-12-13-14-15-16-17-18-19-23-26-29-32-35-38-49(65)62-44(45(64)37-34-31-28-25-22-20-21-24-27-30-33-36-43(2)3)40-75-59-57(73)54(70)51(67)47(79-59)42-77-61-58(74)55(71)52(68)48(80-61)41-76-60-56(72)53(69)50(66)46(39-63)78-60/h34,37,43-48,50-61,63-64,66-74H,4-33,35-36,38-42H2,1-3H3,(H,62,65). The van der Waals surface area contributed by atoms with Crippen LogP contribution in [0.25, 0.3) is 0 Å². The van der Waals surface area contributed by atoms with E-state index in [2.05, 4.69) is 26.1 Å². The van der Waals surface area contributed by atoms with Crippen LogP contribution in [0.4, 0.5) is 0 Å². The zero-order valence-electron chi connectivity index (χ0n) is 49.5. The highest BCUT2D eigenvalue weighted by atomic mass is 16.7. The minimum Gasteiger partial charge on any atom is -0.394 e. The lowest BCUT2D eigenvalue weighted by atomic mass is 9.98. The lowest BCUT2D eigenvalue weighted by molar-refractivity contribution is -0.342. The van der Waals surface area contributed by atoms with Crippen molar-refractivity contribution in [2.24, 2.45) is 5.92 Å². The predicted molar refractivity (Wildman–Crippen MR) is 305 cm³/mol. The first kappa shape index (κ1) is 72.8. The van der Waals surface area contributed by atoms with Gasteiger partial charge in [0.15, 0.2) is 18.9 Å². The molecule has 0 aliphatic carbocycles. The number of carbonyl (C=O) groups excluding carboxylic acids is 1. The smallest absolute Gasteiger partial charge is 0.220 e. The Hall–Kier alpha value is -1.47. The number of allylic oxidation sites excluding steroid dienone is 1. The van der Waals surface area contributed by atoms with Gasteiger partial charge in [-0.3, -0.25) is 4.79 Å². The molecule has 3 rings (SSSR count). The molecule has 0 spiro atoms. The van der Waals surface area contributed by atoms with Crippen LogP contribution < -0.4 is 5.32 Å². The van der Waals surface area contributed by atoms with Gasteiger partial charge in [0.1, 0.15) is 73.2 Å². The van der Waals surface area contributed by atoms with Crippen LogP contribution >= 0.6 is 0 Å². The lowest BCUT2D eigenvalue weighted by Gasteiger charge is -2.44. The van der Waals surface area contributed by atoms with E-state index in [1.165, 1.54) is 154 Å². The summed E-state index contributed by atoms with van der Waals surface area (Å²) in [6.07, 6.45) is 17.0. The third-order valence-electron chi connectivity index (χ3n) is 16.2. The highest BCUT2D eigenvalue weighted by molar-refractivity contribution is 5.76. The van der Waals surface area contributed by atoms with Gasteiger partial charge < -0.3 is 89.9 Å². The van der Waals surface area contributed by atoms with E-state index in [-0.39, 0.29) is 18.9 Å². The van der Waals surface area contributed by atoms with E-state index in [4.69, 9.17) is 28.4 Å². The monoisotopic (exact) mass is 1150 g/mol. The Labute approximate surface area is 480 Å². The molecule has 3 fully saturated rings. The molecule has 19 heteroatoms. The summed E-state index contributed by atoms with van der Waals surface area (Å²) >= 11 is 0. The highest BCUT2D eigenvalue weighted by Gasteiger charge is 2.49. The molecule has 0 aromatic carbocycles. The topological polar surface area (TPSA) is 307 Å². The third-order valence-corrected chi connectivity index (χ3v) is 16.2. The summed E-state index contributed by atoms with van der Waals surface area (Å²) in [6.45, 7) is 4.53. The van der Waals surface area contributed by atoms with E-state index in [0.29, 0.717) is 6.42 Å². The third kappa shape index (κ3) is 29.1. The maximum atomic E-state index is 13.3. The normalized spacial score (nSPS) is 30.1. The minimum atomic E-state index is -1.85. The molecule has 3 aliphatic rings. The first-order valence-corrected chi connectivity index (χ1v) is 31.8. The van der Waals surface area contributed by atoms with Gasteiger partial charge in [-0.2, -0.15) is 0 Å². The number of amides is 1. The molecular weight excluding hydrogens is 1030 g/mol. The molecule has 0 aromatic rings. The zero-order chi connectivity index (χ0) is 58.5. The Morgan fingerprint density at radius 2 is 0.812 bits per heavy atom. The summed E-state index contributed by atoms with van der Waals surface area (Å²) in [5, 5.41) is 119. The molecule has 0 aromatic heterocycles. The second kappa shape index (κ2) is 44.0. The Kier molecular flexibility index (Phi) is 40.1. The molecule has 3 aliphatic heterocycles. The van der Waals surface area contributed by atoms with Gasteiger partial charge in [-0.25, -0.2) is 0 Å². The molecule has 3 heterocycles. The quantitative estimate of drug-likeness (QED) is 0.0232. The average molecular weight is 1150 g/mol. The van der Waals surface area contributed by atoms with Crippen molar-refractivity contribution in [3.8, 4) is 0 Å². The number of carbonyl (C=O) groups is 1. The summed E-state index contributed by atoms with van der Waals surface area (Å²) in [7, 11) is 0. The number of aliphatic hydroxyl groups is 11. The number of rotatable bonds is 47. The first-order valence-electron chi connectivity index (χ1n) is 31.8. The molecule has 12 N–H and O–H groups in total. The molecule has 1 amide bonds.